The van der Waals surface area contributed by atoms with Gasteiger partial charge in [-0.3, -0.25) is 0 Å². The molecule has 51 heavy (non-hydrogen) atoms. The van der Waals surface area contributed by atoms with Crippen LogP contribution in [0.1, 0.15) is 30.0 Å². The highest BCUT2D eigenvalue weighted by atomic mass is 16.7. The van der Waals surface area contributed by atoms with Crippen molar-refractivity contribution in [2.24, 2.45) is 0 Å². The third-order valence-corrected chi connectivity index (χ3v) is 8.58. The molecule has 0 aromatic heterocycles. The number of hydrogen-bond donors (Lipinski definition) is 8. The largest absolute Gasteiger partial charge is 0.493 e. The summed E-state index contributed by atoms with van der Waals surface area (Å²) in [5, 5.41) is 81.2. The maximum Gasteiger partial charge on any atom is 0.229 e. The first kappa shape index (κ1) is 40.1. The van der Waals surface area contributed by atoms with E-state index in [1.165, 1.54) is 28.4 Å². The Morgan fingerprint density at radius 1 is 0.588 bits per heavy atom. The van der Waals surface area contributed by atoms with E-state index in [-0.39, 0.29) is 40.9 Å². The second-order valence-corrected chi connectivity index (χ2v) is 11.8. The highest BCUT2D eigenvalue weighted by molar-refractivity contribution is 5.69. The highest BCUT2D eigenvalue weighted by Crippen LogP contribution is 2.45. The molecule has 2 saturated heterocycles. The zero-order valence-electron chi connectivity index (χ0n) is 29.0. The fourth-order valence-corrected chi connectivity index (χ4v) is 5.74. The maximum absolute atomic E-state index is 10.6. The van der Waals surface area contributed by atoms with E-state index in [0.717, 1.165) is 12.0 Å². The maximum atomic E-state index is 10.6. The lowest BCUT2D eigenvalue weighted by atomic mass is 9.98. The molecule has 10 atom stereocenters. The van der Waals surface area contributed by atoms with Crippen molar-refractivity contribution in [3.63, 3.8) is 0 Å². The van der Waals surface area contributed by atoms with Crippen LogP contribution in [0.3, 0.4) is 0 Å². The molecule has 0 saturated carbocycles. The van der Waals surface area contributed by atoms with Crippen molar-refractivity contribution in [1.29, 1.82) is 0 Å². The molecule has 0 spiro atoms. The molecule has 8 N–H and O–H groups in total. The molecule has 2 fully saturated rings. The van der Waals surface area contributed by atoms with E-state index in [0.29, 0.717) is 11.1 Å². The quantitative estimate of drug-likeness (QED) is 0.118. The predicted molar refractivity (Wildman–Crippen MR) is 180 cm³/mol. The fourth-order valence-electron chi connectivity index (χ4n) is 5.74. The summed E-state index contributed by atoms with van der Waals surface area (Å²) in [5.41, 5.74) is 2.00. The van der Waals surface area contributed by atoms with Gasteiger partial charge in [-0.05, 0) is 42.2 Å². The molecule has 0 radical (unpaired) electrons. The van der Waals surface area contributed by atoms with Crippen LogP contribution in [0.15, 0.2) is 30.4 Å². The molecule has 2 aromatic carbocycles. The van der Waals surface area contributed by atoms with Crippen molar-refractivity contribution in [2.45, 2.75) is 81.2 Å². The lowest BCUT2D eigenvalue weighted by Crippen LogP contribution is -2.60. The van der Waals surface area contributed by atoms with Crippen LogP contribution in [0, 0.1) is 0 Å². The Morgan fingerprint density at radius 2 is 1.08 bits per heavy atom. The normalized spacial score (nSPS) is 29.7. The second-order valence-electron chi connectivity index (χ2n) is 11.8. The molecule has 2 aliphatic heterocycles. The minimum absolute atomic E-state index is 0.0419. The Labute approximate surface area is 295 Å². The second kappa shape index (κ2) is 18.2. The molecule has 0 amide bonds. The van der Waals surface area contributed by atoms with E-state index in [1.807, 2.05) is 25.2 Å². The Hall–Kier alpha value is -3.68. The minimum Gasteiger partial charge on any atom is -0.493 e. The summed E-state index contributed by atoms with van der Waals surface area (Å²) in [6.07, 6.45) is -6.62. The van der Waals surface area contributed by atoms with Gasteiger partial charge in [-0.15, -0.1) is 0 Å². The van der Waals surface area contributed by atoms with Crippen molar-refractivity contribution in [2.75, 3.05) is 41.7 Å². The molecule has 16 nitrogen and oxygen atoms in total. The van der Waals surface area contributed by atoms with Crippen molar-refractivity contribution in [3.05, 3.63) is 47.0 Å². The third kappa shape index (κ3) is 8.69. The van der Waals surface area contributed by atoms with Gasteiger partial charge in [0.1, 0.15) is 48.8 Å². The van der Waals surface area contributed by atoms with Crippen LogP contribution in [-0.2, 0) is 15.9 Å². The molecule has 284 valence electrons. The number of benzene rings is 2. The van der Waals surface area contributed by atoms with Crippen molar-refractivity contribution in [1.82, 2.24) is 0 Å². The van der Waals surface area contributed by atoms with Crippen LogP contribution in [-0.4, -0.2) is 144 Å². The number of hydrogen-bond acceptors (Lipinski definition) is 16. The van der Waals surface area contributed by atoms with E-state index in [2.05, 4.69) is 0 Å². The minimum atomic E-state index is -1.67. The Balaban J connectivity index is 1.67. The van der Waals surface area contributed by atoms with E-state index in [4.69, 9.17) is 37.9 Å². The first-order valence-corrected chi connectivity index (χ1v) is 16.3. The van der Waals surface area contributed by atoms with Crippen LogP contribution in [0.25, 0.3) is 12.2 Å². The number of rotatable bonds is 15. The lowest BCUT2D eigenvalue weighted by Gasteiger charge is -2.39. The molecule has 0 unspecified atom stereocenters. The molecule has 2 aromatic rings. The first-order valence-electron chi connectivity index (χ1n) is 16.3. The van der Waals surface area contributed by atoms with Gasteiger partial charge >= 0.3 is 0 Å². The van der Waals surface area contributed by atoms with Gasteiger partial charge in [0.2, 0.25) is 24.1 Å². The van der Waals surface area contributed by atoms with Gasteiger partial charge in [0, 0.05) is 5.56 Å². The van der Waals surface area contributed by atoms with E-state index in [1.54, 1.807) is 24.3 Å². The highest BCUT2D eigenvalue weighted by Gasteiger charge is 2.46. The smallest absolute Gasteiger partial charge is 0.229 e. The Bertz CT molecular complexity index is 1470. The van der Waals surface area contributed by atoms with Gasteiger partial charge in [0.05, 0.1) is 41.7 Å². The monoisotopic (exact) mass is 724 g/mol. The molecule has 0 bridgehead atoms. The van der Waals surface area contributed by atoms with Gasteiger partial charge in [-0.25, -0.2) is 0 Å². The third-order valence-electron chi connectivity index (χ3n) is 8.58. The fraction of sp³-hybridized carbons (Fsp3) is 0.543. The van der Waals surface area contributed by atoms with Crippen LogP contribution < -0.4 is 28.4 Å². The van der Waals surface area contributed by atoms with Crippen molar-refractivity contribution in [3.8, 4) is 34.5 Å². The number of aliphatic hydroxyl groups is 8. The van der Waals surface area contributed by atoms with Crippen LogP contribution in [0.4, 0.5) is 0 Å². The average Bonchev–Trinajstić information content (AvgIpc) is 3.14. The van der Waals surface area contributed by atoms with Gasteiger partial charge in [0.15, 0.2) is 23.0 Å². The van der Waals surface area contributed by atoms with Crippen LogP contribution in [0.2, 0.25) is 0 Å². The molecular weight excluding hydrogens is 676 g/mol. The number of allylic oxidation sites excluding steroid dienone is 2. The Morgan fingerprint density at radius 3 is 1.53 bits per heavy atom. The van der Waals surface area contributed by atoms with Gasteiger partial charge in [-0.1, -0.05) is 31.2 Å². The predicted octanol–water partition coefficient (Wildman–Crippen LogP) is -0.242. The van der Waals surface area contributed by atoms with Gasteiger partial charge < -0.3 is 78.7 Å². The molecular formula is C35H48O16. The summed E-state index contributed by atoms with van der Waals surface area (Å²) in [7, 11) is 5.65. The summed E-state index contributed by atoms with van der Waals surface area (Å²) in [4.78, 5) is 0. The zero-order chi connectivity index (χ0) is 37.4. The lowest BCUT2D eigenvalue weighted by molar-refractivity contribution is -0.277. The molecule has 4 rings (SSSR count). The SMILES string of the molecule is CC/C=C/c1cc(OC)c(O[C@@H]2O[C@H](CO)[C@@H](O)[C@H](O)[C@H]2O)c(OC)c1C/C=C/c1cc(OC)c(O[C@@H]2O[C@H](CO)[C@@H](O)[C@H](O)[C@H]2O)c(OC)c1. The standard InChI is InChI=1S/C35H48O16/c1-6-7-10-18-14-22(46-4)33(51-35-30(43)28(41)26(39)24(16-37)49-35)31(47-5)19(18)11-8-9-17-12-20(44-2)32(21(13-17)45-3)50-34-29(42)27(40)25(38)23(15-36)48-34/h7-10,12-14,23-30,34-43H,6,11,15-16H2,1-5H3/b9-8+,10-7+/t23-,24-,25-,26-,27+,28+,29-,30-,34+,35+/m1/s1. The Kier molecular flexibility index (Phi) is 14.3. The summed E-state index contributed by atoms with van der Waals surface area (Å²) in [6.45, 7) is 0.720. The molecule has 16 heteroatoms. The summed E-state index contributed by atoms with van der Waals surface area (Å²) < 4.78 is 45.4. The molecule has 2 heterocycles. The van der Waals surface area contributed by atoms with E-state index in [9.17, 15) is 40.9 Å². The van der Waals surface area contributed by atoms with Gasteiger partial charge in [-0.2, -0.15) is 0 Å². The van der Waals surface area contributed by atoms with Crippen molar-refractivity contribution >= 4 is 12.2 Å². The van der Waals surface area contributed by atoms with Crippen molar-refractivity contribution < 1.29 is 78.7 Å². The summed E-state index contributed by atoms with van der Waals surface area (Å²) >= 11 is 0. The van der Waals surface area contributed by atoms with E-state index >= 15 is 0 Å². The number of ether oxygens (including phenoxy) is 8. The zero-order valence-corrected chi connectivity index (χ0v) is 29.0. The molecule has 2 aliphatic rings. The van der Waals surface area contributed by atoms with Crippen LogP contribution in [0.5, 0.6) is 34.5 Å². The average molecular weight is 725 g/mol. The topological polar surface area (TPSA) is 236 Å². The number of methoxy groups -OCH3 is 4. The van der Waals surface area contributed by atoms with Gasteiger partial charge in [0.25, 0.3) is 0 Å². The van der Waals surface area contributed by atoms with Crippen LogP contribution >= 0.6 is 0 Å². The van der Waals surface area contributed by atoms with E-state index < -0.39 is 74.6 Å². The number of aliphatic hydroxyl groups excluding tert-OH is 8. The first-order chi connectivity index (χ1) is 24.5. The summed E-state index contributed by atoms with van der Waals surface area (Å²) in [6, 6.07) is 4.98. The molecule has 0 aliphatic carbocycles. The summed E-state index contributed by atoms with van der Waals surface area (Å²) in [5.74, 6) is 0.950.